The minimum absolute atomic E-state index is 0.0311. The van der Waals surface area contributed by atoms with Gasteiger partial charge in [-0.05, 0) is 24.3 Å². The lowest BCUT2D eigenvalue weighted by molar-refractivity contribution is -0.131. The van der Waals surface area contributed by atoms with Gasteiger partial charge < -0.3 is 9.88 Å². The van der Waals surface area contributed by atoms with Crippen molar-refractivity contribution in [3.05, 3.63) is 47.9 Å². The van der Waals surface area contributed by atoms with Crippen LogP contribution < -0.4 is 5.32 Å². The number of H-pyrrole nitrogens is 1. The predicted molar refractivity (Wildman–Crippen MR) is 75.7 cm³/mol. The lowest BCUT2D eigenvalue weighted by Gasteiger charge is -2.19. The standard InChI is InChI=1S/C15H16FN3O/c1-19(15(20)14-3-2-6-17-14)9-12-8-10-7-11(16)4-5-13(10)18-12/h2-5,7-8,14,17-18H,6,9H2,1H3/t14-/m1/s1. The Balaban J connectivity index is 1.75. The Morgan fingerprint density at radius 2 is 2.30 bits per heavy atom. The van der Waals surface area contributed by atoms with E-state index in [2.05, 4.69) is 10.3 Å². The van der Waals surface area contributed by atoms with Gasteiger partial charge in [-0.3, -0.25) is 10.1 Å². The zero-order valence-corrected chi connectivity index (χ0v) is 11.2. The Morgan fingerprint density at radius 3 is 3.05 bits per heavy atom. The number of carbonyl (C=O) groups is 1. The third kappa shape index (κ3) is 2.44. The van der Waals surface area contributed by atoms with Crippen LogP contribution >= 0.6 is 0 Å². The number of halogens is 1. The molecule has 20 heavy (non-hydrogen) atoms. The molecule has 0 fully saturated rings. The maximum atomic E-state index is 13.1. The van der Waals surface area contributed by atoms with E-state index in [0.29, 0.717) is 6.54 Å². The minimum Gasteiger partial charge on any atom is -0.357 e. The molecule has 1 atom stereocenters. The Bertz CT molecular complexity index is 677. The first-order chi connectivity index (χ1) is 9.63. The van der Waals surface area contributed by atoms with Crippen LogP contribution in [0.3, 0.4) is 0 Å². The number of benzene rings is 1. The van der Waals surface area contributed by atoms with Crippen molar-refractivity contribution >= 4 is 16.8 Å². The monoisotopic (exact) mass is 273 g/mol. The van der Waals surface area contributed by atoms with E-state index >= 15 is 0 Å². The Kier molecular flexibility index (Phi) is 3.28. The summed E-state index contributed by atoms with van der Waals surface area (Å²) in [5.41, 5.74) is 1.77. The fraction of sp³-hybridized carbons (Fsp3) is 0.267. The number of hydrogen-bond donors (Lipinski definition) is 2. The van der Waals surface area contributed by atoms with E-state index in [1.807, 2.05) is 18.2 Å². The average Bonchev–Trinajstić information content (AvgIpc) is 3.05. The molecular weight excluding hydrogens is 257 g/mol. The molecule has 0 bridgehead atoms. The van der Waals surface area contributed by atoms with Gasteiger partial charge in [0, 0.05) is 30.2 Å². The van der Waals surface area contributed by atoms with Gasteiger partial charge in [-0.25, -0.2) is 4.39 Å². The van der Waals surface area contributed by atoms with E-state index in [9.17, 15) is 9.18 Å². The number of nitrogens with zero attached hydrogens (tertiary/aromatic N) is 1. The van der Waals surface area contributed by atoms with E-state index in [0.717, 1.165) is 23.1 Å². The topological polar surface area (TPSA) is 48.1 Å². The summed E-state index contributed by atoms with van der Waals surface area (Å²) in [7, 11) is 1.77. The first kappa shape index (κ1) is 12.9. The Labute approximate surface area is 116 Å². The third-order valence-electron chi connectivity index (χ3n) is 3.47. The van der Waals surface area contributed by atoms with Gasteiger partial charge in [-0.1, -0.05) is 12.2 Å². The van der Waals surface area contributed by atoms with Gasteiger partial charge in [-0.2, -0.15) is 0 Å². The summed E-state index contributed by atoms with van der Waals surface area (Å²) in [4.78, 5) is 17.0. The lowest BCUT2D eigenvalue weighted by Crippen LogP contribution is -2.41. The average molecular weight is 273 g/mol. The number of likely N-dealkylation sites (N-methyl/N-ethyl adjacent to an activating group) is 1. The largest absolute Gasteiger partial charge is 0.357 e. The Hall–Kier alpha value is -2.14. The van der Waals surface area contributed by atoms with Crippen LogP contribution in [0.5, 0.6) is 0 Å². The summed E-state index contributed by atoms with van der Waals surface area (Å²) < 4.78 is 13.1. The second kappa shape index (κ2) is 5.09. The zero-order valence-electron chi connectivity index (χ0n) is 11.2. The molecule has 0 saturated carbocycles. The molecule has 0 aliphatic carbocycles. The molecule has 0 saturated heterocycles. The number of aromatic amines is 1. The first-order valence-corrected chi connectivity index (χ1v) is 6.55. The molecule has 2 N–H and O–H groups in total. The second-order valence-electron chi connectivity index (χ2n) is 5.03. The van der Waals surface area contributed by atoms with Crippen LogP contribution in [0.1, 0.15) is 5.69 Å². The fourth-order valence-electron chi connectivity index (χ4n) is 2.46. The molecule has 2 heterocycles. The highest BCUT2D eigenvalue weighted by Gasteiger charge is 2.21. The van der Waals surface area contributed by atoms with Crippen LogP contribution in [0.25, 0.3) is 10.9 Å². The molecular formula is C15H16FN3O. The predicted octanol–water partition coefficient (Wildman–Crippen LogP) is 1.79. The first-order valence-electron chi connectivity index (χ1n) is 6.55. The van der Waals surface area contributed by atoms with Crippen molar-refractivity contribution < 1.29 is 9.18 Å². The van der Waals surface area contributed by atoms with E-state index in [4.69, 9.17) is 0 Å². The summed E-state index contributed by atoms with van der Waals surface area (Å²) in [5.74, 6) is -0.226. The molecule has 2 aromatic rings. The van der Waals surface area contributed by atoms with E-state index < -0.39 is 0 Å². The summed E-state index contributed by atoms with van der Waals surface area (Å²) in [6.45, 7) is 1.21. The number of amides is 1. The van der Waals surface area contributed by atoms with Gasteiger partial charge in [0.15, 0.2) is 0 Å². The molecule has 0 radical (unpaired) electrons. The van der Waals surface area contributed by atoms with Gasteiger partial charge in [0.2, 0.25) is 5.91 Å². The van der Waals surface area contributed by atoms with Crippen LogP contribution in [-0.4, -0.2) is 35.4 Å². The van der Waals surface area contributed by atoms with Crippen LogP contribution in [-0.2, 0) is 11.3 Å². The van der Waals surface area contributed by atoms with Crippen molar-refractivity contribution in [2.75, 3.05) is 13.6 Å². The van der Waals surface area contributed by atoms with Gasteiger partial charge in [0.05, 0.1) is 6.54 Å². The van der Waals surface area contributed by atoms with Crippen molar-refractivity contribution in [1.82, 2.24) is 15.2 Å². The van der Waals surface area contributed by atoms with Gasteiger partial charge in [-0.15, -0.1) is 0 Å². The molecule has 5 heteroatoms. The number of nitrogens with one attached hydrogen (secondary N) is 2. The highest BCUT2D eigenvalue weighted by molar-refractivity contribution is 5.84. The smallest absolute Gasteiger partial charge is 0.243 e. The second-order valence-corrected chi connectivity index (χ2v) is 5.03. The quantitative estimate of drug-likeness (QED) is 0.838. The summed E-state index contributed by atoms with van der Waals surface area (Å²) in [6.07, 6.45) is 3.82. The van der Waals surface area contributed by atoms with Crippen LogP contribution in [0.4, 0.5) is 4.39 Å². The van der Waals surface area contributed by atoms with E-state index in [-0.39, 0.29) is 17.8 Å². The third-order valence-corrected chi connectivity index (χ3v) is 3.47. The lowest BCUT2D eigenvalue weighted by atomic mass is 10.2. The highest BCUT2D eigenvalue weighted by Crippen LogP contribution is 2.17. The maximum Gasteiger partial charge on any atom is 0.243 e. The van der Waals surface area contributed by atoms with Crippen molar-refractivity contribution in [3.8, 4) is 0 Å². The normalized spacial score (nSPS) is 17.8. The molecule has 4 nitrogen and oxygen atoms in total. The van der Waals surface area contributed by atoms with Gasteiger partial charge >= 0.3 is 0 Å². The maximum absolute atomic E-state index is 13.1. The molecule has 0 unspecified atom stereocenters. The summed E-state index contributed by atoms with van der Waals surface area (Å²) in [6, 6.07) is 6.25. The van der Waals surface area contributed by atoms with Crippen molar-refractivity contribution in [2.45, 2.75) is 12.6 Å². The van der Waals surface area contributed by atoms with Gasteiger partial charge in [0.1, 0.15) is 11.9 Å². The van der Waals surface area contributed by atoms with Crippen LogP contribution in [0.2, 0.25) is 0 Å². The Morgan fingerprint density at radius 1 is 1.45 bits per heavy atom. The molecule has 1 amide bonds. The van der Waals surface area contributed by atoms with Crippen LogP contribution in [0.15, 0.2) is 36.4 Å². The summed E-state index contributed by atoms with van der Waals surface area (Å²) in [5, 5.41) is 3.91. The summed E-state index contributed by atoms with van der Waals surface area (Å²) >= 11 is 0. The van der Waals surface area contributed by atoms with Crippen molar-refractivity contribution in [3.63, 3.8) is 0 Å². The molecule has 1 aromatic heterocycles. The van der Waals surface area contributed by atoms with Gasteiger partial charge in [0.25, 0.3) is 0 Å². The number of rotatable bonds is 3. The number of fused-ring (bicyclic) bond motifs is 1. The van der Waals surface area contributed by atoms with Crippen LogP contribution in [0, 0.1) is 5.82 Å². The number of aromatic nitrogens is 1. The minimum atomic E-state index is -0.257. The number of carbonyl (C=O) groups excluding carboxylic acids is 1. The number of hydrogen-bond acceptors (Lipinski definition) is 2. The molecule has 0 spiro atoms. The molecule has 104 valence electrons. The fourth-order valence-corrected chi connectivity index (χ4v) is 2.46. The zero-order chi connectivity index (χ0) is 14.1. The molecule has 1 aliphatic rings. The van der Waals surface area contributed by atoms with E-state index in [1.165, 1.54) is 12.1 Å². The van der Waals surface area contributed by atoms with E-state index in [1.54, 1.807) is 18.0 Å². The highest BCUT2D eigenvalue weighted by atomic mass is 19.1. The molecule has 1 aliphatic heterocycles. The molecule has 1 aromatic carbocycles. The van der Waals surface area contributed by atoms with Crippen molar-refractivity contribution in [1.29, 1.82) is 0 Å². The van der Waals surface area contributed by atoms with Crippen molar-refractivity contribution in [2.24, 2.45) is 0 Å². The molecule has 3 rings (SSSR count). The SMILES string of the molecule is CN(Cc1cc2cc(F)ccc2[nH]1)C(=O)[C@H]1C=CCN1.